The summed E-state index contributed by atoms with van der Waals surface area (Å²) in [6.45, 7) is 2.41. The molecule has 5 nitrogen and oxygen atoms in total. The topological polar surface area (TPSA) is 67.8 Å². The average Bonchev–Trinajstić information content (AvgIpc) is 3.03. The number of aliphatic hydroxyl groups excluding tert-OH is 1. The molecule has 0 unspecified atom stereocenters. The molecule has 2 aromatic carbocycles. The lowest BCUT2D eigenvalue weighted by Crippen LogP contribution is -2.25. The Morgan fingerprint density at radius 2 is 1.86 bits per heavy atom. The summed E-state index contributed by atoms with van der Waals surface area (Å²) >= 11 is 6.23. The van der Waals surface area contributed by atoms with E-state index in [2.05, 4.69) is 12.2 Å². The number of carbonyl (C=O) groups is 1. The van der Waals surface area contributed by atoms with Crippen LogP contribution in [0.15, 0.2) is 53.4 Å². The summed E-state index contributed by atoms with van der Waals surface area (Å²) < 4.78 is 11.9. The molecule has 1 atom stereocenters. The molecule has 1 saturated heterocycles. The predicted octanol–water partition coefficient (Wildman–Crippen LogP) is 3.95. The Bertz CT molecular complexity index is 896. The Kier molecular flexibility index (Phi) is 7.69. The molecule has 0 spiro atoms. The SMILES string of the molecule is CCCc1ccccc1OC[C@H](O)COc1ccc(/C=C2\SC(=S)NC2=O)cc1. The van der Waals surface area contributed by atoms with Crippen LogP contribution in [0.4, 0.5) is 0 Å². The first-order valence-corrected chi connectivity index (χ1v) is 10.6. The quantitative estimate of drug-likeness (QED) is 0.465. The Morgan fingerprint density at radius 3 is 2.55 bits per heavy atom. The van der Waals surface area contributed by atoms with Crippen molar-refractivity contribution in [2.24, 2.45) is 0 Å². The third-order valence-electron chi connectivity index (χ3n) is 4.19. The molecule has 0 saturated carbocycles. The second kappa shape index (κ2) is 10.4. The highest BCUT2D eigenvalue weighted by atomic mass is 32.2. The summed E-state index contributed by atoms with van der Waals surface area (Å²) in [5, 5.41) is 12.8. The number of aryl methyl sites for hydroxylation is 1. The maximum atomic E-state index is 11.7. The zero-order chi connectivity index (χ0) is 20.6. The maximum Gasteiger partial charge on any atom is 0.263 e. The van der Waals surface area contributed by atoms with E-state index in [4.69, 9.17) is 21.7 Å². The summed E-state index contributed by atoms with van der Waals surface area (Å²) in [6, 6.07) is 15.2. The number of hydrogen-bond acceptors (Lipinski definition) is 6. The van der Waals surface area contributed by atoms with Crippen LogP contribution in [0.1, 0.15) is 24.5 Å². The number of rotatable bonds is 9. The summed E-state index contributed by atoms with van der Waals surface area (Å²) in [7, 11) is 0. The number of aliphatic hydroxyl groups is 1. The highest BCUT2D eigenvalue weighted by Crippen LogP contribution is 2.26. The van der Waals surface area contributed by atoms with Crippen LogP contribution in [-0.2, 0) is 11.2 Å². The zero-order valence-electron chi connectivity index (χ0n) is 16.1. The van der Waals surface area contributed by atoms with E-state index in [0.29, 0.717) is 15.0 Å². The van der Waals surface area contributed by atoms with E-state index in [0.717, 1.165) is 29.7 Å². The monoisotopic (exact) mass is 429 g/mol. The third-order valence-corrected chi connectivity index (χ3v) is 5.35. The minimum atomic E-state index is -0.744. The van der Waals surface area contributed by atoms with Crippen molar-refractivity contribution in [3.05, 3.63) is 64.6 Å². The van der Waals surface area contributed by atoms with Gasteiger partial charge in [0.25, 0.3) is 5.91 Å². The van der Waals surface area contributed by atoms with Gasteiger partial charge in [0.1, 0.15) is 35.1 Å². The summed E-state index contributed by atoms with van der Waals surface area (Å²) in [6.07, 6.45) is 3.01. The van der Waals surface area contributed by atoms with Crippen LogP contribution < -0.4 is 14.8 Å². The van der Waals surface area contributed by atoms with E-state index >= 15 is 0 Å². The fourth-order valence-corrected chi connectivity index (χ4v) is 3.82. The molecule has 2 aromatic rings. The summed E-state index contributed by atoms with van der Waals surface area (Å²) in [4.78, 5) is 12.3. The minimum absolute atomic E-state index is 0.128. The van der Waals surface area contributed by atoms with Crippen molar-refractivity contribution in [3.63, 3.8) is 0 Å². The van der Waals surface area contributed by atoms with Crippen LogP contribution in [0.25, 0.3) is 6.08 Å². The molecule has 1 aliphatic rings. The Hall–Kier alpha value is -2.35. The second-order valence-corrected chi connectivity index (χ2v) is 8.27. The fraction of sp³-hybridized carbons (Fsp3) is 0.273. The minimum Gasteiger partial charge on any atom is -0.491 e. The summed E-state index contributed by atoms with van der Waals surface area (Å²) in [5.74, 6) is 1.26. The highest BCUT2D eigenvalue weighted by Gasteiger charge is 2.21. The number of carbonyl (C=O) groups excluding carboxylic acids is 1. The number of thiocarbonyl (C=S) groups is 1. The fourth-order valence-electron chi connectivity index (χ4n) is 2.78. The van der Waals surface area contributed by atoms with Gasteiger partial charge in [-0.25, -0.2) is 0 Å². The molecule has 1 amide bonds. The van der Waals surface area contributed by atoms with Crippen LogP contribution in [-0.4, -0.2) is 34.7 Å². The van der Waals surface area contributed by atoms with Crippen molar-refractivity contribution >= 4 is 40.3 Å². The van der Waals surface area contributed by atoms with E-state index in [1.165, 1.54) is 11.8 Å². The van der Waals surface area contributed by atoms with Gasteiger partial charge < -0.3 is 19.9 Å². The van der Waals surface area contributed by atoms with Gasteiger partial charge in [0.15, 0.2) is 0 Å². The largest absolute Gasteiger partial charge is 0.491 e. The predicted molar refractivity (Wildman–Crippen MR) is 120 cm³/mol. The molecule has 29 heavy (non-hydrogen) atoms. The lowest BCUT2D eigenvalue weighted by molar-refractivity contribution is -0.115. The van der Waals surface area contributed by atoms with Gasteiger partial charge in [-0.1, -0.05) is 67.7 Å². The number of hydrogen-bond donors (Lipinski definition) is 2. The van der Waals surface area contributed by atoms with Crippen molar-refractivity contribution in [3.8, 4) is 11.5 Å². The zero-order valence-corrected chi connectivity index (χ0v) is 17.7. The van der Waals surface area contributed by atoms with Gasteiger partial charge in [0.05, 0.1) is 4.91 Å². The molecule has 2 N–H and O–H groups in total. The van der Waals surface area contributed by atoms with Gasteiger partial charge in [-0.3, -0.25) is 4.79 Å². The first-order chi connectivity index (χ1) is 14.0. The molecule has 0 aliphatic carbocycles. The van der Waals surface area contributed by atoms with Gasteiger partial charge in [-0.2, -0.15) is 0 Å². The van der Waals surface area contributed by atoms with Gasteiger partial charge in [0.2, 0.25) is 0 Å². The van der Waals surface area contributed by atoms with Crippen LogP contribution >= 0.6 is 24.0 Å². The number of para-hydroxylation sites is 1. The van der Waals surface area contributed by atoms with Crippen LogP contribution in [0, 0.1) is 0 Å². The molecule has 0 radical (unpaired) electrons. The first-order valence-electron chi connectivity index (χ1n) is 9.41. The van der Waals surface area contributed by atoms with Crippen molar-refractivity contribution in [2.75, 3.05) is 13.2 Å². The van der Waals surface area contributed by atoms with Gasteiger partial charge in [-0.15, -0.1) is 0 Å². The average molecular weight is 430 g/mol. The number of nitrogens with one attached hydrogen (secondary N) is 1. The smallest absolute Gasteiger partial charge is 0.263 e. The summed E-state index contributed by atoms with van der Waals surface area (Å²) in [5.41, 5.74) is 2.01. The molecule has 3 rings (SSSR count). The van der Waals surface area contributed by atoms with Gasteiger partial charge in [0, 0.05) is 0 Å². The molecule has 0 bridgehead atoms. The van der Waals surface area contributed by atoms with Crippen molar-refractivity contribution in [1.82, 2.24) is 5.32 Å². The normalized spacial score (nSPS) is 16.0. The third kappa shape index (κ3) is 6.32. The molecule has 152 valence electrons. The number of thioether (sulfide) groups is 1. The van der Waals surface area contributed by atoms with Crippen molar-refractivity contribution in [1.29, 1.82) is 0 Å². The second-order valence-electron chi connectivity index (χ2n) is 6.55. The van der Waals surface area contributed by atoms with Crippen LogP contribution in [0.5, 0.6) is 11.5 Å². The molecule has 1 aliphatic heterocycles. The lowest BCUT2D eigenvalue weighted by Gasteiger charge is -2.15. The molecule has 1 fully saturated rings. The molecule has 0 aromatic heterocycles. The molecule has 7 heteroatoms. The van der Waals surface area contributed by atoms with Crippen LogP contribution in [0.3, 0.4) is 0 Å². The van der Waals surface area contributed by atoms with Gasteiger partial charge in [-0.05, 0) is 41.8 Å². The standard InChI is InChI=1S/C22H23NO4S2/c1-2-5-16-6-3-4-7-19(16)27-14-17(24)13-26-18-10-8-15(9-11-18)12-20-21(25)23-22(28)29-20/h3-4,6-12,17,24H,2,5,13-14H2,1H3,(H,23,25,28)/b20-12-/t17-/m1/s1. The molecular weight excluding hydrogens is 406 g/mol. The van der Waals surface area contributed by atoms with Crippen LogP contribution in [0.2, 0.25) is 0 Å². The van der Waals surface area contributed by atoms with E-state index < -0.39 is 6.10 Å². The first kappa shape index (κ1) is 21.4. The number of benzene rings is 2. The van der Waals surface area contributed by atoms with E-state index in [1.54, 1.807) is 18.2 Å². The van der Waals surface area contributed by atoms with E-state index in [1.807, 2.05) is 36.4 Å². The highest BCUT2D eigenvalue weighted by molar-refractivity contribution is 8.26. The Morgan fingerprint density at radius 1 is 1.14 bits per heavy atom. The van der Waals surface area contributed by atoms with Crippen molar-refractivity contribution in [2.45, 2.75) is 25.9 Å². The Balaban J connectivity index is 1.48. The molecular formula is C22H23NO4S2. The molecule has 1 heterocycles. The van der Waals surface area contributed by atoms with Crippen molar-refractivity contribution < 1.29 is 19.4 Å². The maximum absolute atomic E-state index is 11.7. The number of amides is 1. The number of ether oxygens (including phenoxy) is 2. The van der Waals surface area contributed by atoms with E-state index in [-0.39, 0.29) is 19.1 Å². The lowest BCUT2D eigenvalue weighted by atomic mass is 10.1. The van der Waals surface area contributed by atoms with Gasteiger partial charge >= 0.3 is 0 Å². The Labute approximate surface area is 180 Å². The van der Waals surface area contributed by atoms with E-state index in [9.17, 15) is 9.90 Å².